The zero-order chi connectivity index (χ0) is 17.3. The summed E-state index contributed by atoms with van der Waals surface area (Å²) in [6.45, 7) is 1.08. The van der Waals surface area contributed by atoms with Crippen LogP contribution in [0.3, 0.4) is 0 Å². The summed E-state index contributed by atoms with van der Waals surface area (Å²) < 4.78 is 103. The predicted molar refractivity (Wildman–Crippen MR) is 60.5 cm³/mol. The fraction of sp³-hybridized carbons (Fsp3) is 0.417. The first-order valence-electron chi connectivity index (χ1n) is 5.63. The lowest BCUT2D eigenvalue weighted by atomic mass is 9.97. The summed E-state index contributed by atoms with van der Waals surface area (Å²) in [5, 5.41) is 2.13. The molecule has 1 aromatic carbocycles. The monoisotopic (exact) mass is 335 g/mol. The van der Waals surface area contributed by atoms with Gasteiger partial charge < -0.3 is 5.32 Å². The lowest BCUT2D eigenvalue weighted by Crippen LogP contribution is -2.56. The Morgan fingerprint density at radius 3 is 1.82 bits per heavy atom. The predicted octanol–water partition coefficient (Wildman–Crippen LogP) is 4.27. The summed E-state index contributed by atoms with van der Waals surface area (Å²) in [6.07, 6.45) is -4.97. The summed E-state index contributed by atoms with van der Waals surface area (Å²) in [5.41, 5.74) is -1.65. The second-order valence-electron chi connectivity index (χ2n) is 4.33. The van der Waals surface area contributed by atoms with Crippen molar-refractivity contribution in [1.29, 1.82) is 0 Å². The van der Waals surface area contributed by atoms with Crippen molar-refractivity contribution < 1.29 is 39.9 Å². The molecule has 0 heterocycles. The molecule has 0 atom stereocenters. The molecule has 0 unspecified atom stereocenters. The van der Waals surface area contributed by atoms with Crippen LogP contribution in [0.15, 0.2) is 24.3 Å². The molecule has 0 aliphatic carbocycles. The maximum Gasteiger partial charge on any atom is 0.382 e. The first-order valence-corrected chi connectivity index (χ1v) is 5.63. The summed E-state index contributed by atoms with van der Waals surface area (Å²) in [5.74, 6) is -18.6. The molecule has 0 bridgehead atoms. The number of amides is 1. The molecule has 10 heteroatoms. The van der Waals surface area contributed by atoms with Crippen molar-refractivity contribution in [3.63, 3.8) is 0 Å². The summed E-state index contributed by atoms with van der Waals surface area (Å²) in [4.78, 5) is 10.7. The van der Waals surface area contributed by atoms with Crippen LogP contribution < -0.4 is 5.32 Å². The molecular formula is C12H9F8NO. The molecule has 0 radical (unpaired) electrons. The highest BCUT2D eigenvalue weighted by atomic mass is 19.4. The number of nitrogens with one attached hydrogen (secondary N) is 1. The van der Waals surface area contributed by atoms with Crippen molar-refractivity contribution in [2.75, 3.05) is 5.32 Å². The fourth-order valence-electron chi connectivity index (χ4n) is 1.49. The number of rotatable bonds is 5. The van der Waals surface area contributed by atoms with Gasteiger partial charge in [-0.1, -0.05) is 12.1 Å². The molecule has 0 aromatic heterocycles. The zero-order valence-corrected chi connectivity index (χ0v) is 10.8. The van der Waals surface area contributed by atoms with Crippen LogP contribution in [0.4, 0.5) is 40.8 Å². The van der Waals surface area contributed by atoms with Crippen molar-refractivity contribution in [2.45, 2.75) is 31.1 Å². The quantitative estimate of drug-likeness (QED) is 0.800. The van der Waals surface area contributed by atoms with Crippen LogP contribution in [0, 0.1) is 0 Å². The summed E-state index contributed by atoms with van der Waals surface area (Å²) in [6, 6.07) is 2.17. The second-order valence-corrected chi connectivity index (χ2v) is 4.33. The van der Waals surface area contributed by atoms with Gasteiger partial charge in [-0.25, -0.2) is 8.78 Å². The lowest BCUT2D eigenvalue weighted by Gasteiger charge is -2.32. The Kier molecular flexibility index (Phi) is 4.73. The molecule has 1 aromatic rings. The van der Waals surface area contributed by atoms with Gasteiger partial charge in [0.25, 0.3) is 0 Å². The molecular weight excluding hydrogens is 326 g/mol. The van der Waals surface area contributed by atoms with Crippen molar-refractivity contribution in [2.24, 2.45) is 0 Å². The Balaban J connectivity index is 3.20. The minimum absolute atomic E-state index is 0.0593. The SMILES string of the molecule is CC(=O)Nc1ccc(C(F)(F)C(F)(F)C(F)(F)C(F)F)cc1. The highest BCUT2D eigenvalue weighted by Crippen LogP contribution is 2.53. The topological polar surface area (TPSA) is 29.1 Å². The van der Waals surface area contributed by atoms with E-state index < -0.39 is 35.7 Å². The van der Waals surface area contributed by atoms with Gasteiger partial charge in [-0.15, -0.1) is 0 Å². The molecule has 2 nitrogen and oxygen atoms in total. The molecule has 0 spiro atoms. The molecule has 0 fully saturated rings. The van der Waals surface area contributed by atoms with E-state index >= 15 is 0 Å². The van der Waals surface area contributed by atoms with E-state index in [1.807, 2.05) is 0 Å². The smallest absolute Gasteiger partial charge is 0.326 e. The van der Waals surface area contributed by atoms with Crippen molar-refractivity contribution in [3.05, 3.63) is 29.8 Å². The lowest BCUT2D eigenvalue weighted by molar-refractivity contribution is -0.343. The first kappa shape index (κ1) is 18.2. The van der Waals surface area contributed by atoms with Gasteiger partial charge in [0.2, 0.25) is 5.91 Å². The van der Waals surface area contributed by atoms with Gasteiger partial charge in [0.15, 0.2) is 0 Å². The molecule has 22 heavy (non-hydrogen) atoms. The number of anilines is 1. The Morgan fingerprint density at radius 1 is 1.00 bits per heavy atom. The fourth-order valence-corrected chi connectivity index (χ4v) is 1.49. The highest BCUT2D eigenvalue weighted by Gasteiger charge is 2.75. The molecule has 1 rings (SSSR count). The minimum atomic E-state index is -6.30. The van der Waals surface area contributed by atoms with Crippen LogP contribution in [-0.4, -0.2) is 24.2 Å². The maximum atomic E-state index is 13.5. The van der Waals surface area contributed by atoms with E-state index in [1.54, 1.807) is 0 Å². The third-order valence-electron chi connectivity index (χ3n) is 2.65. The summed E-state index contributed by atoms with van der Waals surface area (Å²) in [7, 11) is 0. The van der Waals surface area contributed by atoms with Gasteiger partial charge in [0, 0.05) is 18.2 Å². The van der Waals surface area contributed by atoms with E-state index in [0.717, 1.165) is 19.1 Å². The average molecular weight is 335 g/mol. The van der Waals surface area contributed by atoms with Gasteiger partial charge in [0.1, 0.15) is 0 Å². The van der Waals surface area contributed by atoms with E-state index in [2.05, 4.69) is 5.32 Å². The minimum Gasteiger partial charge on any atom is -0.326 e. The molecule has 1 N–H and O–H groups in total. The Morgan fingerprint density at radius 2 is 1.45 bits per heavy atom. The van der Waals surface area contributed by atoms with Crippen LogP contribution in [0.5, 0.6) is 0 Å². The Hall–Kier alpha value is -1.87. The number of alkyl halides is 8. The Bertz CT molecular complexity index is 541. The molecule has 124 valence electrons. The van der Waals surface area contributed by atoms with Crippen LogP contribution in [0.25, 0.3) is 0 Å². The van der Waals surface area contributed by atoms with E-state index in [-0.39, 0.29) is 5.69 Å². The van der Waals surface area contributed by atoms with E-state index in [1.165, 1.54) is 0 Å². The van der Waals surface area contributed by atoms with E-state index in [9.17, 15) is 39.9 Å². The van der Waals surface area contributed by atoms with Gasteiger partial charge in [-0.3, -0.25) is 4.79 Å². The van der Waals surface area contributed by atoms with Crippen LogP contribution in [-0.2, 0) is 10.7 Å². The van der Waals surface area contributed by atoms with Gasteiger partial charge in [0.05, 0.1) is 0 Å². The molecule has 0 saturated heterocycles. The maximum absolute atomic E-state index is 13.5. The number of benzene rings is 1. The van der Waals surface area contributed by atoms with Crippen LogP contribution in [0.1, 0.15) is 12.5 Å². The first-order chi connectivity index (χ1) is 9.84. The van der Waals surface area contributed by atoms with E-state index in [4.69, 9.17) is 0 Å². The number of carbonyl (C=O) groups is 1. The van der Waals surface area contributed by atoms with Crippen LogP contribution >= 0.6 is 0 Å². The third-order valence-corrected chi connectivity index (χ3v) is 2.65. The highest BCUT2D eigenvalue weighted by molar-refractivity contribution is 5.88. The van der Waals surface area contributed by atoms with Crippen LogP contribution in [0.2, 0.25) is 0 Å². The standard InChI is InChI=1S/C12H9F8NO/c1-6(22)21-8-4-2-7(3-5-8)10(15,16)12(19,20)11(17,18)9(13)14/h2-5,9H,1H3,(H,21,22). The molecule has 0 aliphatic rings. The average Bonchev–Trinajstić information content (AvgIpc) is 2.37. The van der Waals surface area contributed by atoms with E-state index in [0.29, 0.717) is 12.1 Å². The second kappa shape index (κ2) is 5.73. The molecule has 0 aliphatic heterocycles. The number of halogens is 8. The van der Waals surface area contributed by atoms with Gasteiger partial charge in [-0.05, 0) is 12.1 Å². The largest absolute Gasteiger partial charge is 0.382 e. The van der Waals surface area contributed by atoms with Crippen molar-refractivity contribution in [3.8, 4) is 0 Å². The normalized spacial score (nSPS) is 13.4. The van der Waals surface area contributed by atoms with Crippen molar-refractivity contribution >= 4 is 11.6 Å². The van der Waals surface area contributed by atoms with Crippen molar-refractivity contribution in [1.82, 2.24) is 0 Å². The third kappa shape index (κ3) is 3.00. The zero-order valence-electron chi connectivity index (χ0n) is 10.8. The number of hydrogen-bond acceptors (Lipinski definition) is 1. The summed E-state index contributed by atoms with van der Waals surface area (Å²) >= 11 is 0. The number of carbonyl (C=O) groups excluding carboxylic acids is 1. The van der Waals surface area contributed by atoms with Gasteiger partial charge >= 0.3 is 24.2 Å². The van der Waals surface area contributed by atoms with Gasteiger partial charge in [-0.2, -0.15) is 26.3 Å². The Labute approximate surface area is 119 Å². The molecule has 0 saturated carbocycles. The molecule has 1 amide bonds. The number of hydrogen-bond donors (Lipinski definition) is 1.